The Hall–Kier alpha value is -1.10. The lowest BCUT2D eigenvalue weighted by atomic mass is 9.97. The van der Waals surface area contributed by atoms with Crippen LogP contribution < -0.4 is 0 Å². The van der Waals surface area contributed by atoms with Gasteiger partial charge in [-0.15, -0.1) is 0 Å². The molecule has 0 amide bonds. The molecule has 0 aliphatic rings. The van der Waals surface area contributed by atoms with E-state index in [9.17, 15) is 22.7 Å². The number of alkyl halides is 3. The van der Waals surface area contributed by atoms with Crippen LogP contribution in [-0.4, -0.2) is 10.7 Å². The quantitative estimate of drug-likeness (QED) is 0.782. The predicted molar refractivity (Wildman–Crippen MR) is 51.4 cm³/mol. The molecule has 1 N–H and O–H groups in total. The van der Waals surface area contributed by atoms with Crippen molar-refractivity contribution in [2.75, 3.05) is 0 Å². The van der Waals surface area contributed by atoms with E-state index in [1.165, 1.54) is 13.8 Å². The first-order valence-electron chi connectivity index (χ1n) is 4.67. The highest BCUT2D eigenvalue weighted by Crippen LogP contribution is 2.30. The van der Waals surface area contributed by atoms with Crippen LogP contribution in [0.15, 0.2) is 18.2 Å². The Morgan fingerprint density at radius 1 is 1.19 bits per heavy atom. The predicted octanol–water partition coefficient (Wildman–Crippen LogP) is 3.16. The summed E-state index contributed by atoms with van der Waals surface area (Å²) in [4.78, 5) is 0. The molecule has 1 nitrogen and oxygen atoms in total. The van der Waals surface area contributed by atoms with Crippen LogP contribution in [0.25, 0.3) is 0 Å². The van der Waals surface area contributed by atoms with Crippen LogP contribution in [0, 0.1) is 5.82 Å². The van der Waals surface area contributed by atoms with Gasteiger partial charge in [-0.25, -0.2) is 4.39 Å². The largest absolute Gasteiger partial charge is 0.416 e. The summed E-state index contributed by atoms with van der Waals surface area (Å²) >= 11 is 0. The van der Waals surface area contributed by atoms with Gasteiger partial charge in [0, 0.05) is 6.42 Å². The van der Waals surface area contributed by atoms with Gasteiger partial charge >= 0.3 is 6.18 Å². The van der Waals surface area contributed by atoms with Crippen molar-refractivity contribution in [3.05, 3.63) is 35.1 Å². The third kappa shape index (κ3) is 3.48. The van der Waals surface area contributed by atoms with Gasteiger partial charge in [0.1, 0.15) is 5.82 Å². The molecule has 0 atom stereocenters. The Labute approximate surface area is 90.7 Å². The molecule has 1 aromatic rings. The summed E-state index contributed by atoms with van der Waals surface area (Å²) in [5, 5.41) is 9.44. The van der Waals surface area contributed by atoms with Crippen LogP contribution in [0.1, 0.15) is 25.0 Å². The molecule has 0 saturated heterocycles. The minimum absolute atomic E-state index is 0.0308. The van der Waals surface area contributed by atoms with Crippen molar-refractivity contribution < 1.29 is 22.7 Å². The summed E-state index contributed by atoms with van der Waals surface area (Å²) in [7, 11) is 0. The van der Waals surface area contributed by atoms with Gasteiger partial charge in [-0.3, -0.25) is 0 Å². The van der Waals surface area contributed by atoms with Gasteiger partial charge in [0.05, 0.1) is 11.2 Å². The van der Waals surface area contributed by atoms with Gasteiger partial charge in [0.2, 0.25) is 0 Å². The van der Waals surface area contributed by atoms with Crippen LogP contribution in [-0.2, 0) is 12.6 Å². The van der Waals surface area contributed by atoms with Crippen molar-refractivity contribution in [3.8, 4) is 0 Å². The van der Waals surface area contributed by atoms with Crippen molar-refractivity contribution in [3.63, 3.8) is 0 Å². The highest BCUT2D eigenvalue weighted by atomic mass is 19.4. The molecule has 0 radical (unpaired) electrons. The van der Waals surface area contributed by atoms with Crippen molar-refractivity contribution in [2.45, 2.75) is 32.0 Å². The fourth-order valence-corrected chi connectivity index (χ4v) is 1.33. The number of halogens is 4. The summed E-state index contributed by atoms with van der Waals surface area (Å²) in [5.74, 6) is -0.947. The zero-order valence-electron chi connectivity index (χ0n) is 8.90. The second-order valence-corrected chi connectivity index (χ2v) is 4.29. The van der Waals surface area contributed by atoms with Crippen LogP contribution in [0.2, 0.25) is 0 Å². The Bertz CT molecular complexity index is 377. The smallest absolute Gasteiger partial charge is 0.390 e. The van der Waals surface area contributed by atoms with Crippen molar-refractivity contribution in [1.82, 2.24) is 0 Å². The lowest BCUT2D eigenvalue weighted by molar-refractivity contribution is -0.137. The maximum Gasteiger partial charge on any atom is 0.416 e. The molecule has 1 rings (SSSR count). The molecule has 90 valence electrons. The zero-order chi connectivity index (χ0) is 12.6. The van der Waals surface area contributed by atoms with E-state index in [4.69, 9.17) is 0 Å². The molecule has 0 aromatic heterocycles. The van der Waals surface area contributed by atoms with Crippen molar-refractivity contribution >= 4 is 0 Å². The van der Waals surface area contributed by atoms with Gasteiger partial charge in [0.25, 0.3) is 0 Å². The van der Waals surface area contributed by atoms with E-state index in [2.05, 4.69) is 0 Å². The Balaban J connectivity index is 3.01. The molecule has 1 aromatic carbocycles. The van der Waals surface area contributed by atoms with Crippen molar-refractivity contribution in [2.24, 2.45) is 0 Å². The first-order chi connectivity index (χ1) is 7.09. The molecular formula is C11H12F4O. The Morgan fingerprint density at radius 2 is 1.75 bits per heavy atom. The number of hydrogen-bond donors (Lipinski definition) is 1. The summed E-state index contributed by atoms with van der Waals surface area (Å²) in [5.41, 5.74) is -2.11. The summed E-state index contributed by atoms with van der Waals surface area (Å²) in [6, 6.07) is 2.31. The molecular weight excluding hydrogens is 224 g/mol. The Morgan fingerprint density at radius 3 is 2.12 bits per heavy atom. The first-order valence-corrected chi connectivity index (χ1v) is 4.67. The molecule has 0 aliphatic carbocycles. The van der Waals surface area contributed by atoms with E-state index in [1.807, 2.05) is 0 Å². The number of benzene rings is 1. The number of hydrogen-bond acceptors (Lipinski definition) is 1. The van der Waals surface area contributed by atoms with Gasteiger partial charge in [-0.2, -0.15) is 13.2 Å². The lowest BCUT2D eigenvalue weighted by Gasteiger charge is -2.18. The van der Waals surface area contributed by atoms with E-state index in [0.717, 1.165) is 12.1 Å². The first kappa shape index (κ1) is 13.0. The van der Waals surface area contributed by atoms with Crippen LogP contribution in [0.4, 0.5) is 17.6 Å². The second-order valence-electron chi connectivity index (χ2n) is 4.29. The van der Waals surface area contributed by atoms with Gasteiger partial charge in [0.15, 0.2) is 0 Å². The van der Waals surface area contributed by atoms with Crippen LogP contribution in [0.3, 0.4) is 0 Å². The molecule has 16 heavy (non-hydrogen) atoms. The molecule has 0 unspecified atom stereocenters. The summed E-state index contributed by atoms with van der Waals surface area (Å²) in [6.45, 7) is 2.92. The standard InChI is InChI=1S/C11H12F4O/c1-10(2,16)6-7-3-4-8(5-9(7)12)11(13,14)15/h3-5,16H,6H2,1-2H3. The lowest BCUT2D eigenvalue weighted by Crippen LogP contribution is -2.22. The summed E-state index contributed by atoms with van der Waals surface area (Å²) < 4.78 is 50.0. The average Bonchev–Trinajstić information content (AvgIpc) is 2.04. The van der Waals surface area contributed by atoms with Crippen LogP contribution in [0.5, 0.6) is 0 Å². The van der Waals surface area contributed by atoms with Gasteiger partial charge in [-0.05, 0) is 31.5 Å². The minimum atomic E-state index is -4.55. The maximum atomic E-state index is 13.3. The molecule has 0 spiro atoms. The average molecular weight is 236 g/mol. The van der Waals surface area contributed by atoms with E-state index in [-0.39, 0.29) is 12.0 Å². The SMILES string of the molecule is CC(C)(O)Cc1ccc(C(F)(F)F)cc1F. The minimum Gasteiger partial charge on any atom is -0.390 e. The second kappa shape index (κ2) is 4.05. The van der Waals surface area contributed by atoms with E-state index >= 15 is 0 Å². The molecule has 0 bridgehead atoms. The van der Waals surface area contributed by atoms with E-state index in [1.54, 1.807) is 0 Å². The molecule has 0 saturated carbocycles. The zero-order valence-corrected chi connectivity index (χ0v) is 8.90. The fourth-order valence-electron chi connectivity index (χ4n) is 1.33. The van der Waals surface area contributed by atoms with E-state index in [0.29, 0.717) is 6.07 Å². The fraction of sp³-hybridized carbons (Fsp3) is 0.455. The van der Waals surface area contributed by atoms with Gasteiger partial charge < -0.3 is 5.11 Å². The van der Waals surface area contributed by atoms with Crippen molar-refractivity contribution in [1.29, 1.82) is 0 Å². The third-order valence-electron chi connectivity index (χ3n) is 2.00. The third-order valence-corrected chi connectivity index (χ3v) is 2.00. The number of aliphatic hydroxyl groups is 1. The monoisotopic (exact) mass is 236 g/mol. The normalized spacial score (nSPS) is 12.9. The molecule has 0 aliphatic heterocycles. The highest BCUT2D eigenvalue weighted by molar-refractivity contribution is 5.27. The maximum absolute atomic E-state index is 13.3. The van der Waals surface area contributed by atoms with Crippen LogP contribution >= 0.6 is 0 Å². The molecule has 5 heteroatoms. The van der Waals surface area contributed by atoms with E-state index < -0.39 is 23.2 Å². The topological polar surface area (TPSA) is 20.2 Å². The summed E-state index contributed by atoms with van der Waals surface area (Å²) in [6.07, 6.45) is -4.58. The Kier molecular flexibility index (Phi) is 3.28. The van der Waals surface area contributed by atoms with Gasteiger partial charge in [-0.1, -0.05) is 6.07 Å². The molecule has 0 fully saturated rings. The number of rotatable bonds is 2. The molecule has 0 heterocycles. The highest BCUT2D eigenvalue weighted by Gasteiger charge is 2.31.